The van der Waals surface area contributed by atoms with E-state index in [0.717, 1.165) is 27.3 Å². The fourth-order valence-electron chi connectivity index (χ4n) is 4.00. The molecule has 192 valence electrons. The molecule has 10 heteroatoms. The Hall–Kier alpha value is -4.15. The highest BCUT2D eigenvalue weighted by molar-refractivity contribution is 7.92. The van der Waals surface area contributed by atoms with Crippen molar-refractivity contribution in [2.24, 2.45) is 5.73 Å². The van der Waals surface area contributed by atoms with Crippen LogP contribution >= 0.6 is 0 Å². The van der Waals surface area contributed by atoms with Gasteiger partial charge >= 0.3 is 0 Å². The van der Waals surface area contributed by atoms with Crippen LogP contribution in [0.2, 0.25) is 0 Å². The highest BCUT2D eigenvalue weighted by Crippen LogP contribution is 2.37. The average molecular weight is 520 g/mol. The molecule has 37 heavy (non-hydrogen) atoms. The lowest BCUT2D eigenvalue weighted by Crippen LogP contribution is -2.39. The number of sulfonamides is 1. The predicted molar refractivity (Wildman–Crippen MR) is 147 cm³/mol. The number of amides is 2. The predicted octanol–water partition coefficient (Wildman–Crippen LogP) is 2.93. The third kappa shape index (κ3) is 5.65. The van der Waals surface area contributed by atoms with Crippen LogP contribution in [-0.2, 0) is 26.2 Å². The van der Waals surface area contributed by atoms with Crippen LogP contribution in [0.5, 0.6) is 0 Å². The van der Waals surface area contributed by atoms with E-state index in [4.69, 9.17) is 5.73 Å². The number of benzene rings is 3. The van der Waals surface area contributed by atoms with Crippen molar-refractivity contribution in [1.82, 2.24) is 4.90 Å². The monoisotopic (exact) mass is 519 g/mol. The van der Waals surface area contributed by atoms with Crippen LogP contribution in [0.1, 0.15) is 16.7 Å². The van der Waals surface area contributed by atoms with Gasteiger partial charge in [0.05, 0.1) is 23.2 Å². The molecule has 9 nitrogen and oxygen atoms in total. The van der Waals surface area contributed by atoms with Crippen molar-refractivity contribution < 1.29 is 18.0 Å². The third-order valence-electron chi connectivity index (χ3n) is 5.98. The van der Waals surface area contributed by atoms with Crippen LogP contribution in [0.25, 0.3) is 11.3 Å². The van der Waals surface area contributed by atoms with E-state index in [1.54, 1.807) is 38.4 Å². The molecule has 2 amide bonds. The maximum atomic E-state index is 13.1. The molecule has 0 aliphatic carbocycles. The Morgan fingerprint density at radius 1 is 1.00 bits per heavy atom. The first-order valence-corrected chi connectivity index (χ1v) is 13.4. The molecule has 0 saturated heterocycles. The number of carbonyl (C=O) groups is 2. The van der Waals surface area contributed by atoms with Gasteiger partial charge in [-0.25, -0.2) is 8.42 Å². The molecule has 0 bridgehead atoms. The second kappa shape index (κ2) is 10.5. The van der Waals surface area contributed by atoms with Gasteiger partial charge in [-0.15, -0.1) is 0 Å². The summed E-state index contributed by atoms with van der Waals surface area (Å²) >= 11 is 0. The molecule has 4 rings (SSSR count). The molecule has 0 fully saturated rings. The summed E-state index contributed by atoms with van der Waals surface area (Å²) in [6, 6.07) is 21.7. The molecule has 1 heterocycles. The molecule has 3 aromatic rings. The fraction of sp³-hybridized carbons (Fsp3) is 0.185. The van der Waals surface area contributed by atoms with Gasteiger partial charge in [-0.05, 0) is 35.4 Å². The van der Waals surface area contributed by atoms with Crippen molar-refractivity contribution >= 4 is 50.2 Å². The summed E-state index contributed by atoms with van der Waals surface area (Å²) in [5, 5.41) is 6.24. The van der Waals surface area contributed by atoms with Gasteiger partial charge in [0.25, 0.3) is 5.91 Å². The van der Waals surface area contributed by atoms with Gasteiger partial charge in [-0.1, -0.05) is 48.5 Å². The zero-order chi connectivity index (χ0) is 26.7. The first-order valence-electron chi connectivity index (χ1n) is 11.6. The van der Waals surface area contributed by atoms with E-state index in [2.05, 4.69) is 10.6 Å². The van der Waals surface area contributed by atoms with Crippen molar-refractivity contribution in [2.75, 3.05) is 41.8 Å². The highest BCUT2D eigenvalue weighted by Gasteiger charge is 2.28. The minimum absolute atomic E-state index is 0.253. The summed E-state index contributed by atoms with van der Waals surface area (Å²) < 4.78 is 26.2. The minimum Gasteiger partial charge on any atom is -0.354 e. The Morgan fingerprint density at radius 3 is 2.35 bits per heavy atom. The summed E-state index contributed by atoms with van der Waals surface area (Å²) in [6.07, 6.45) is 1.06. The van der Waals surface area contributed by atoms with Crippen LogP contribution in [0.4, 0.5) is 17.1 Å². The second-order valence-corrected chi connectivity index (χ2v) is 10.8. The number of fused-ring (bicyclic) bond motifs is 1. The summed E-state index contributed by atoms with van der Waals surface area (Å²) in [5.74, 6) is -0.608. The Labute approximate surface area is 216 Å². The molecule has 3 aromatic carbocycles. The molecule has 1 aliphatic rings. The number of nitrogens with zero attached hydrogens (tertiary/aromatic N) is 2. The fourth-order valence-corrected chi connectivity index (χ4v) is 4.84. The van der Waals surface area contributed by atoms with Crippen LogP contribution in [0.15, 0.2) is 72.8 Å². The van der Waals surface area contributed by atoms with Crippen molar-refractivity contribution in [1.29, 1.82) is 0 Å². The summed E-state index contributed by atoms with van der Waals surface area (Å²) in [4.78, 5) is 26.8. The van der Waals surface area contributed by atoms with E-state index < -0.39 is 10.0 Å². The zero-order valence-electron chi connectivity index (χ0n) is 20.9. The standard InChI is InChI=1S/C27H29N5O4S/c1-31(2)24(33)17-32(37(3,35)36)21-8-6-7-20(15-21)29-26(19-13-11-18(16-28)12-14-19)25-22-9-4-5-10-23(22)30-27(25)34/h4-15,29H,16-17,28H2,1-3H3,(H,30,34)/b26-25-. The number of nitrogens with one attached hydrogen (secondary N) is 2. The number of nitrogens with two attached hydrogens (primary N) is 1. The van der Waals surface area contributed by atoms with Crippen molar-refractivity contribution in [3.05, 3.63) is 89.5 Å². The maximum Gasteiger partial charge on any atom is 0.258 e. The molecule has 1 aliphatic heterocycles. The zero-order valence-corrected chi connectivity index (χ0v) is 21.7. The lowest BCUT2D eigenvalue weighted by molar-refractivity contribution is -0.127. The molecular formula is C27H29N5O4S. The number of hydrogen-bond acceptors (Lipinski definition) is 6. The summed E-state index contributed by atoms with van der Waals surface area (Å²) in [7, 11) is -0.608. The number of rotatable bonds is 8. The Kier molecular flexibility index (Phi) is 7.33. The maximum absolute atomic E-state index is 13.1. The van der Waals surface area contributed by atoms with E-state index in [1.807, 2.05) is 48.5 Å². The Bertz CT molecular complexity index is 1480. The molecule has 0 spiro atoms. The second-order valence-electron chi connectivity index (χ2n) is 8.88. The lowest BCUT2D eigenvalue weighted by atomic mass is 9.99. The van der Waals surface area contributed by atoms with Crippen LogP contribution < -0.4 is 20.7 Å². The van der Waals surface area contributed by atoms with Gasteiger partial charge in [-0.3, -0.25) is 13.9 Å². The largest absolute Gasteiger partial charge is 0.354 e. The quantitative estimate of drug-likeness (QED) is 0.393. The van der Waals surface area contributed by atoms with Crippen LogP contribution in [-0.4, -0.2) is 52.0 Å². The lowest BCUT2D eigenvalue weighted by Gasteiger charge is -2.24. The number of para-hydroxylation sites is 1. The van der Waals surface area contributed by atoms with Gasteiger partial charge in [0, 0.05) is 37.6 Å². The Balaban J connectivity index is 1.81. The highest BCUT2D eigenvalue weighted by atomic mass is 32.2. The summed E-state index contributed by atoms with van der Waals surface area (Å²) in [6.45, 7) is 0.0531. The first kappa shape index (κ1) is 25.9. The number of likely N-dealkylation sites (N-methyl/N-ethyl adjacent to an activating group) is 1. The number of carbonyl (C=O) groups excluding carboxylic acids is 2. The Morgan fingerprint density at radius 2 is 1.70 bits per heavy atom. The van der Waals surface area contributed by atoms with Gasteiger partial charge in [0.1, 0.15) is 6.54 Å². The SMILES string of the molecule is CN(C)C(=O)CN(c1cccc(N/C(=C2\C(=O)Nc3ccccc32)c2ccc(CN)cc2)c1)S(C)(=O)=O. The van der Waals surface area contributed by atoms with E-state index in [9.17, 15) is 18.0 Å². The summed E-state index contributed by atoms with van der Waals surface area (Å²) in [5.41, 5.74) is 10.8. The molecule has 0 atom stereocenters. The normalized spacial score (nSPS) is 14.0. The van der Waals surface area contributed by atoms with E-state index in [-0.39, 0.29) is 18.4 Å². The minimum atomic E-state index is -3.75. The average Bonchev–Trinajstić information content (AvgIpc) is 3.20. The van der Waals surface area contributed by atoms with Gasteiger partial charge in [-0.2, -0.15) is 0 Å². The molecular weight excluding hydrogens is 490 g/mol. The molecule has 0 saturated carbocycles. The van der Waals surface area contributed by atoms with Crippen LogP contribution in [0.3, 0.4) is 0 Å². The topological polar surface area (TPSA) is 125 Å². The van der Waals surface area contributed by atoms with Gasteiger partial charge < -0.3 is 21.3 Å². The molecule has 4 N–H and O–H groups in total. The first-order chi connectivity index (χ1) is 17.6. The smallest absolute Gasteiger partial charge is 0.258 e. The van der Waals surface area contributed by atoms with E-state index in [1.165, 1.54) is 4.90 Å². The molecule has 0 aromatic heterocycles. The van der Waals surface area contributed by atoms with Crippen molar-refractivity contribution in [3.8, 4) is 0 Å². The molecule has 0 unspecified atom stereocenters. The van der Waals surface area contributed by atoms with E-state index >= 15 is 0 Å². The van der Waals surface area contributed by atoms with Gasteiger partial charge in [0.15, 0.2) is 0 Å². The number of anilines is 3. The third-order valence-corrected chi connectivity index (χ3v) is 7.12. The van der Waals surface area contributed by atoms with Crippen LogP contribution in [0, 0.1) is 0 Å². The van der Waals surface area contributed by atoms with Crippen molar-refractivity contribution in [3.63, 3.8) is 0 Å². The molecule has 0 radical (unpaired) electrons. The van der Waals surface area contributed by atoms with Crippen molar-refractivity contribution in [2.45, 2.75) is 6.54 Å². The van der Waals surface area contributed by atoms with Gasteiger partial charge in [0.2, 0.25) is 15.9 Å². The van der Waals surface area contributed by atoms with E-state index in [0.29, 0.717) is 34.9 Å². The number of hydrogen-bond donors (Lipinski definition) is 3.